The van der Waals surface area contributed by atoms with Gasteiger partial charge in [0, 0.05) is 86.0 Å². The number of anilines is 2. The Hall–Kier alpha value is -7.82. The first-order chi connectivity index (χ1) is 36.6. The first-order valence-corrected chi connectivity index (χ1v) is 26.2. The number of carbonyl (C=O) groups is 3. The van der Waals surface area contributed by atoms with Crippen LogP contribution in [0.2, 0.25) is 5.02 Å². The molecule has 3 amide bonds. The minimum absolute atomic E-state index is 0.0145. The molecule has 4 aromatic carbocycles. The molecule has 0 spiro atoms. The average Bonchev–Trinajstić information content (AvgIpc) is 4.09. The van der Waals surface area contributed by atoms with Gasteiger partial charge in [0.25, 0.3) is 11.8 Å². The molecule has 2 unspecified atom stereocenters. The monoisotopic (exact) mass is 1050 g/mol. The third-order valence-corrected chi connectivity index (χ3v) is 15.6. The minimum atomic E-state index is -1.06. The van der Waals surface area contributed by atoms with Gasteiger partial charge in [-0.15, -0.1) is 10.2 Å². The summed E-state index contributed by atoms with van der Waals surface area (Å²) in [4.78, 5) is 59.3. The van der Waals surface area contributed by atoms with Gasteiger partial charge in [0.15, 0.2) is 11.7 Å². The number of halogens is 2. The Labute approximate surface area is 444 Å². The number of hydrogen-bond acceptors (Lipinski definition) is 14. The molecule has 0 bridgehead atoms. The Morgan fingerprint density at radius 3 is 2.41 bits per heavy atom. The van der Waals surface area contributed by atoms with E-state index >= 15 is 0 Å². The Morgan fingerprint density at radius 1 is 0.921 bits per heavy atom. The summed E-state index contributed by atoms with van der Waals surface area (Å²) in [7, 11) is 0. The molecule has 0 aliphatic carbocycles. The third kappa shape index (κ3) is 10.4. The number of primary amides is 1. The van der Waals surface area contributed by atoms with E-state index < -0.39 is 23.7 Å². The zero-order valence-corrected chi connectivity index (χ0v) is 43.3. The first-order valence-electron chi connectivity index (χ1n) is 25.8. The number of nitrogens with zero attached hydrogens (tertiary/aromatic N) is 11. The maximum atomic E-state index is 14.1. The smallest absolute Gasteiger partial charge is 0.318 e. The standard InChI is InChI=1S/C56H60ClFN12O6/c1-33(2)42-26-43(48(72)27-47(42)71)52-63-64-53(50(60)73)70(52)39-12-10-35(11-13-39)28-65-20-16-38(17-21-65)55(75)68-22-15-36(29-68)32-76-56-61-45-31-66(46-9-5-7-37-6-4-8-44(57)49(37)46)23-18-41(45)51(62-56)67-24-25-69(54(74)34(3)58)40(30-67)14-19-59/h4-13,26-27,33,36,38,40,71-72H,3,14-18,20-25,28-32H2,1-2H3,(H2,60,73). The van der Waals surface area contributed by atoms with Gasteiger partial charge >= 0.3 is 6.01 Å². The zero-order valence-electron chi connectivity index (χ0n) is 42.5. The zero-order chi connectivity index (χ0) is 53.4. The molecule has 18 nitrogen and oxygen atoms in total. The summed E-state index contributed by atoms with van der Waals surface area (Å²) in [5.74, 6) is -2.07. The fourth-order valence-electron chi connectivity index (χ4n) is 11.3. The fourth-order valence-corrected chi connectivity index (χ4v) is 11.6. The molecule has 0 saturated carbocycles. The van der Waals surface area contributed by atoms with E-state index in [0.717, 1.165) is 65.6 Å². The average molecular weight is 1050 g/mol. The van der Waals surface area contributed by atoms with Crippen LogP contribution >= 0.6 is 11.6 Å². The number of benzene rings is 4. The number of amides is 3. The number of aromatic hydroxyl groups is 2. The summed E-state index contributed by atoms with van der Waals surface area (Å²) < 4.78 is 22.1. The number of piperazine rings is 1. The minimum Gasteiger partial charge on any atom is -0.508 e. The van der Waals surface area contributed by atoms with Gasteiger partial charge in [-0.1, -0.05) is 68.4 Å². The summed E-state index contributed by atoms with van der Waals surface area (Å²) in [6, 6.07) is 24.3. The summed E-state index contributed by atoms with van der Waals surface area (Å²) in [5, 5.41) is 41.9. The Morgan fingerprint density at radius 2 is 1.68 bits per heavy atom. The van der Waals surface area contributed by atoms with Crippen LogP contribution in [-0.4, -0.2) is 132 Å². The quantitative estimate of drug-likeness (QED) is 0.0913. The normalized spacial score (nSPS) is 18.3. The van der Waals surface area contributed by atoms with Gasteiger partial charge in [0.05, 0.1) is 48.0 Å². The molecule has 10 rings (SSSR count). The number of phenols is 2. The summed E-state index contributed by atoms with van der Waals surface area (Å²) in [5.41, 5.74) is 11.0. The van der Waals surface area contributed by atoms with E-state index in [1.54, 1.807) is 6.07 Å². The van der Waals surface area contributed by atoms with Crippen molar-refractivity contribution in [2.75, 3.05) is 68.8 Å². The lowest BCUT2D eigenvalue weighted by atomic mass is 9.95. The van der Waals surface area contributed by atoms with Crippen LogP contribution in [0.5, 0.6) is 17.5 Å². The van der Waals surface area contributed by atoms with Crippen LogP contribution in [-0.2, 0) is 29.1 Å². The topological polar surface area (TPSA) is 223 Å². The SMILES string of the molecule is C=C(F)C(=O)N1CCN(c2nc(OCC3CCN(C(=O)C4CCN(Cc5ccc(-n6c(C(N)=O)nnc6-c6cc(C(C)C)c(O)cc6O)cc5)CC4)C3)nc3c2CCN(c2cccc4cccc(Cl)c24)C3)CC1CC#N. The molecule has 2 aromatic heterocycles. The van der Waals surface area contributed by atoms with E-state index in [4.69, 9.17) is 32.0 Å². The van der Waals surface area contributed by atoms with Crippen LogP contribution in [0.25, 0.3) is 27.8 Å². The molecule has 6 aromatic rings. The lowest BCUT2D eigenvalue weighted by molar-refractivity contribution is -0.136. The molecule has 76 heavy (non-hydrogen) atoms. The van der Waals surface area contributed by atoms with Crippen molar-refractivity contribution in [1.29, 1.82) is 5.26 Å². The van der Waals surface area contributed by atoms with Gasteiger partial charge in [-0.3, -0.25) is 23.9 Å². The second kappa shape index (κ2) is 21.8. The predicted octanol–water partition coefficient (Wildman–Crippen LogP) is 7.28. The van der Waals surface area contributed by atoms with Crippen LogP contribution in [0, 0.1) is 23.2 Å². The number of aromatic nitrogens is 5. The fraction of sp³-hybridized carbons (Fsp3) is 0.393. The second-order valence-corrected chi connectivity index (χ2v) is 20.9. The number of rotatable bonds is 14. The van der Waals surface area contributed by atoms with E-state index in [0.29, 0.717) is 80.0 Å². The van der Waals surface area contributed by atoms with Gasteiger partial charge in [-0.05, 0) is 91.5 Å². The number of likely N-dealkylation sites (tertiary alicyclic amines) is 2. The van der Waals surface area contributed by atoms with Crippen LogP contribution in [0.1, 0.15) is 78.5 Å². The molecule has 6 heterocycles. The predicted molar refractivity (Wildman–Crippen MR) is 285 cm³/mol. The van der Waals surface area contributed by atoms with Crippen LogP contribution in [0.4, 0.5) is 15.9 Å². The molecular formula is C56H60ClFN12O6. The van der Waals surface area contributed by atoms with Crippen LogP contribution in [0.3, 0.4) is 0 Å². The Balaban J connectivity index is 0.780. The maximum absolute atomic E-state index is 14.1. The molecule has 394 valence electrons. The number of fused-ring (bicyclic) bond motifs is 2. The number of nitriles is 1. The van der Waals surface area contributed by atoms with Crippen molar-refractivity contribution < 1.29 is 33.7 Å². The van der Waals surface area contributed by atoms with Crippen molar-refractivity contribution in [2.24, 2.45) is 17.6 Å². The van der Waals surface area contributed by atoms with E-state index in [9.17, 15) is 34.2 Å². The summed E-state index contributed by atoms with van der Waals surface area (Å²) in [6.45, 7) is 12.6. The summed E-state index contributed by atoms with van der Waals surface area (Å²) in [6.07, 6.45) is 2.85. The highest BCUT2D eigenvalue weighted by atomic mass is 35.5. The highest BCUT2D eigenvalue weighted by Gasteiger charge is 2.37. The molecular weight excluding hydrogens is 991 g/mol. The van der Waals surface area contributed by atoms with Gasteiger partial charge in [-0.25, -0.2) is 4.39 Å². The highest BCUT2D eigenvalue weighted by Crippen LogP contribution is 2.40. The van der Waals surface area contributed by atoms with Crippen molar-refractivity contribution in [2.45, 2.75) is 71.0 Å². The number of carbonyl (C=O) groups excluding carboxylic acids is 3. The summed E-state index contributed by atoms with van der Waals surface area (Å²) >= 11 is 6.79. The van der Waals surface area contributed by atoms with E-state index in [1.165, 1.54) is 15.5 Å². The molecule has 3 saturated heterocycles. The number of hydrogen-bond donors (Lipinski definition) is 3. The van der Waals surface area contributed by atoms with Crippen molar-refractivity contribution in [1.82, 2.24) is 39.4 Å². The molecule has 2 atom stereocenters. The molecule has 4 N–H and O–H groups in total. The Bertz CT molecular complexity index is 3260. The largest absolute Gasteiger partial charge is 0.508 e. The van der Waals surface area contributed by atoms with Gasteiger partial charge < -0.3 is 40.3 Å². The lowest BCUT2D eigenvalue weighted by Crippen LogP contribution is -2.55. The first kappa shape index (κ1) is 51.7. The van der Waals surface area contributed by atoms with E-state index in [2.05, 4.69) is 43.6 Å². The van der Waals surface area contributed by atoms with Crippen molar-refractivity contribution in [3.05, 3.63) is 118 Å². The highest BCUT2D eigenvalue weighted by molar-refractivity contribution is 6.36. The van der Waals surface area contributed by atoms with E-state index in [-0.39, 0.29) is 72.3 Å². The van der Waals surface area contributed by atoms with Crippen molar-refractivity contribution in [3.8, 4) is 40.7 Å². The lowest BCUT2D eigenvalue weighted by Gasteiger charge is -2.42. The van der Waals surface area contributed by atoms with Gasteiger partial charge in [0.2, 0.25) is 11.7 Å². The Kier molecular flexibility index (Phi) is 14.8. The van der Waals surface area contributed by atoms with Gasteiger partial charge in [0.1, 0.15) is 17.3 Å². The molecule has 4 aliphatic rings. The molecule has 3 fully saturated rings. The number of nitrogens with two attached hydrogens (primary N) is 1. The molecule has 4 aliphatic heterocycles. The second-order valence-electron chi connectivity index (χ2n) is 20.5. The van der Waals surface area contributed by atoms with Crippen molar-refractivity contribution in [3.63, 3.8) is 0 Å². The van der Waals surface area contributed by atoms with Crippen LogP contribution in [0.15, 0.2) is 85.2 Å². The van der Waals surface area contributed by atoms with Crippen LogP contribution < -0.4 is 20.3 Å². The number of piperidine rings is 1. The molecule has 0 radical (unpaired) electrons. The number of ether oxygens (including phenoxy) is 1. The van der Waals surface area contributed by atoms with Gasteiger partial charge in [-0.2, -0.15) is 15.2 Å². The van der Waals surface area contributed by atoms with E-state index in [1.807, 2.05) is 73.3 Å². The maximum Gasteiger partial charge on any atom is 0.318 e. The number of phenolic OH excluding ortho intramolecular Hbond substituents is 2. The third-order valence-electron chi connectivity index (χ3n) is 15.3. The van der Waals surface area contributed by atoms with Crippen molar-refractivity contribution >= 4 is 51.6 Å². The molecule has 20 heteroatoms.